The average Bonchev–Trinajstić information content (AvgIpc) is 2.61. The van der Waals surface area contributed by atoms with E-state index < -0.39 is 11.0 Å². The number of amides is 1. The minimum Gasteiger partial charge on any atom is -0.397 e. The SMILES string of the molecule is CN[C@H](COCc1ccccc1)C(=O)Nc1cc([N+](=O)[O-])ccc1N. The van der Waals surface area contributed by atoms with Crippen molar-refractivity contribution in [2.24, 2.45) is 0 Å². The van der Waals surface area contributed by atoms with Gasteiger partial charge in [-0.05, 0) is 18.7 Å². The van der Waals surface area contributed by atoms with E-state index in [1.165, 1.54) is 18.2 Å². The zero-order valence-electron chi connectivity index (χ0n) is 13.8. The van der Waals surface area contributed by atoms with Crippen molar-refractivity contribution in [1.29, 1.82) is 0 Å². The number of likely N-dealkylation sites (N-methyl/N-ethyl adjacent to an activating group) is 1. The first-order chi connectivity index (χ1) is 12.0. The van der Waals surface area contributed by atoms with Crippen LogP contribution in [0.15, 0.2) is 48.5 Å². The van der Waals surface area contributed by atoms with Gasteiger partial charge in [0.05, 0.1) is 29.5 Å². The lowest BCUT2D eigenvalue weighted by atomic mass is 10.2. The van der Waals surface area contributed by atoms with Crippen LogP contribution in [0.2, 0.25) is 0 Å². The first-order valence-electron chi connectivity index (χ1n) is 7.65. The largest absolute Gasteiger partial charge is 0.397 e. The van der Waals surface area contributed by atoms with Gasteiger partial charge in [0, 0.05) is 12.1 Å². The van der Waals surface area contributed by atoms with E-state index in [2.05, 4.69) is 10.6 Å². The van der Waals surface area contributed by atoms with Gasteiger partial charge < -0.3 is 21.1 Å². The third-order valence-electron chi connectivity index (χ3n) is 3.57. The molecule has 8 heteroatoms. The molecule has 0 aliphatic carbocycles. The molecule has 0 fully saturated rings. The average molecular weight is 344 g/mol. The topological polar surface area (TPSA) is 120 Å². The quantitative estimate of drug-likeness (QED) is 0.382. The third-order valence-corrected chi connectivity index (χ3v) is 3.57. The molecule has 1 amide bonds. The van der Waals surface area contributed by atoms with Crippen molar-refractivity contribution in [1.82, 2.24) is 5.32 Å². The number of carbonyl (C=O) groups is 1. The molecular formula is C17H20N4O4. The number of nitrogens with one attached hydrogen (secondary N) is 2. The summed E-state index contributed by atoms with van der Waals surface area (Å²) >= 11 is 0. The van der Waals surface area contributed by atoms with E-state index >= 15 is 0 Å². The van der Waals surface area contributed by atoms with E-state index in [0.717, 1.165) is 5.56 Å². The molecule has 8 nitrogen and oxygen atoms in total. The number of benzene rings is 2. The van der Waals surface area contributed by atoms with Crippen LogP contribution in [0.25, 0.3) is 0 Å². The van der Waals surface area contributed by atoms with Crippen LogP contribution in [-0.4, -0.2) is 30.5 Å². The maximum Gasteiger partial charge on any atom is 0.271 e. The van der Waals surface area contributed by atoms with E-state index in [9.17, 15) is 14.9 Å². The summed E-state index contributed by atoms with van der Waals surface area (Å²) in [5, 5.41) is 16.3. The molecule has 4 N–H and O–H groups in total. The van der Waals surface area contributed by atoms with Crippen LogP contribution in [0.3, 0.4) is 0 Å². The predicted molar refractivity (Wildman–Crippen MR) is 95.1 cm³/mol. The number of anilines is 2. The molecule has 1 atom stereocenters. The van der Waals surface area contributed by atoms with E-state index in [-0.39, 0.29) is 29.6 Å². The van der Waals surface area contributed by atoms with E-state index in [1.54, 1.807) is 7.05 Å². The lowest BCUT2D eigenvalue weighted by Gasteiger charge is -2.17. The summed E-state index contributed by atoms with van der Waals surface area (Å²) < 4.78 is 5.56. The Morgan fingerprint density at radius 2 is 2.00 bits per heavy atom. The standard InChI is InChI=1S/C17H20N4O4/c1-19-16(11-25-10-12-5-3-2-4-6-12)17(22)20-15-9-13(21(23)24)7-8-14(15)18/h2-9,16,19H,10-11,18H2,1H3,(H,20,22)/t16-/m1/s1. The number of carbonyl (C=O) groups excluding carboxylic acids is 1. The van der Waals surface area contributed by atoms with Crippen LogP contribution in [0.5, 0.6) is 0 Å². The molecule has 2 aromatic carbocycles. The number of nitrogens with two attached hydrogens (primary N) is 1. The van der Waals surface area contributed by atoms with Gasteiger partial charge in [-0.3, -0.25) is 14.9 Å². The number of rotatable bonds is 8. The molecule has 0 spiro atoms. The Hall–Kier alpha value is -2.97. The summed E-state index contributed by atoms with van der Waals surface area (Å²) in [5.74, 6) is -0.386. The van der Waals surface area contributed by atoms with Gasteiger partial charge in [0.1, 0.15) is 6.04 Å². The maximum absolute atomic E-state index is 12.3. The number of hydrogen-bond acceptors (Lipinski definition) is 6. The third kappa shape index (κ3) is 5.27. The molecule has 132 valence electrons. The van der Waals surface area contributed by atoms with Crippen LogP contribution in [0.4, 0.5) is 17.1 Å². The Bertz CT molecular complexity index is 737. The highest BCUT2D eigenvalue weighted by molar-refractivity contribution is 5.97. The fourth-order valence-electron chi connectivity index (χ4n) is 2.14. The van der Waals surface area contributed by atoms with E-state index in [0.29, 0.717) is 6.61 Å². The summed E-state index contributed by atoms with van der Waals surface area (Å²) in [6, 6.07) is 12.9. The fourth-order valence-corrected chi connectivity index (χ4v) is 2.14. The summed E-state index contributed by atoms with van der Waals surface area (Å²) in [5.41, 5.74) is 7.07. The fraction of sp³-hybridized carbons (Fsp3) is 0.235. The van der Waals surface area contributed by atoms with Crippen molar-refractivity contribution in [3.05, 3.63) is 64.2 Å². The van der Waals surface area contributed by atoms with Crippen LogP contribution in [-0.2, 0) is 16.1 Å². The van der Waals surface area contributed by atoms with Gasteiger partial charge in [0.2, 0.25) is 5.91 Å². The summed E-state index contributed by atoms with van der Waals surface area (Å²) in [4.78, 5) is 22.6. The van der Waals surface area contributed by atoms with E-state index in [1.807, 2.05) is 30.3 Å². The maximum atomic E-state index is 12.3. The summed E-state index contributed by atoms with van der Waals surface area (Å²) in [6.45, 7) is 0.525. The molecule has 0 saturated carbocycles. The van der Waals surface area contributed by atoms with Crippen LogP contribution >= 0.6 is 0 Å². The van der Waals surface area contributed by atoms with E-state index in [4.69, 9.17) is 10.5 Å². The minimum absolute atomic E-state index is 0.145. The second-order valence-corrected chi connectivity index (χ2v) is 5.36. The lowest BCUT2D eigenvalue weighted by molar-refractivity contribution is -0.384. The van der Waals surface area contributed by atoms with Gasteiger partial charge in [0.25, 0.3) is 5.69 Å². The van der Waals surface area contributed by atoms with Crippen molar-refractivity contribution < 1.29 is 14.5 Å². The van der Waals surface area contributed by atoms with Gasteiger partial charge in [-0.2, -0.15) is 0 Å². The molecule has 2 rings (SSSR count). The molecule has 25 heavy (non-hydrogen) atoms. The van der Waals surface area contributed by atoms with Gasteiger partial charge in [-0.1, -0.05) is 30.3 Å². The van der Waals surface area contributed by atoms with Crippen LogP contribution < -0.4 is 16.4 Å². The number of ether oxygens (including phenoxy) is 1. The van der Waals surface area contributed by atoms with Crippen molar-refractivity contribution in [2.45, 2.75) is 12.6 Å². The molecule has 0 heterocycles. The second kappa shape index (κ2) is 8.76. The zero-order valence-corrected chi connectivity index (χ0v) is 13.8. The molecule has 2 aromatic rings. The summed E-state index contributed by atoms with van der Waals surface area (Å²) in [6.07, 6.45) is 0. The molecule has 0 aromatic heterocycles. The first kappa shape index (κ1) is 18.4. The molecule has 0 saturated heterocycles. The Labute approximate surface area is 145 Å². The van der Waals surface area contributed by atoms with Gasteiger partial charge in [-0.25, -0.2) is 0 Å². The number of nitrogens with zero attached hydrogens (tertiary/aromatic N) is 1. The Balaban J connectivity index is 1.95. The normalized spacial score (nSPS) is 11.7. The molecular weight excluding hydrogens is 324 g/mol. The number of nitro groups is 1. The number of non-ortho nitro benzene ring substituents is 1. The molecule has 0 aliphatic rings. The van der Waals surface area contributed by atoms with Gasteiger partial charge in [0.15, 0.2) is 0 Å². The highest BCUT2D eigenvalue weighted by Gasteiger charge is 2.19. The highest BCUT2D eigenvalue weighted by atomic mass is 16.6. The van der Waals surface area contributed by atoms with Crippen molar-refractivity contribution in [3.63, 3.8) is 0 Å². The van der Waals surface area contributed by atoms with Crippen molar-refractivity contribution in [3.8, 4) is 0 Å². The molecule has 0 aliphatic heterocycles. The Kier molecular flexibility index (Phi) is 6.44. The predicted octanol–water partition coefficient (Wildman–Crippen LogP) is 1.92. The minimum atomic E-state index is -0.623. The lowest BCUT2D eigenvalue weighted by Crippen LogP contribution is -2.42. The number of nitro benzene ring substituents is 1. The molecule has 0 unspecified atom stereocenters. The number of nitrogen functional groups attached to an aromatic ring is 1. The van der Waals surface area contributed by atoms with Gasteiger partial charge in [-0.15, -0.1) is 0 Å². The van der Waals surface area contributed by atoms with Crippen molar-refractivity contribution >= 4 is 23.0 Å². The van der Waals surface area contributed by atoms with Gasteiger partial charge >= 0.3 is 0 Å². The Morgan fingerprint density at radius 3 is 2.64 bits per heavy atom. The van der Waals surface area contributed by atoms with Crippen LogP contribution in [0, 0.1) is 10.1 Å². The number of hydrogen-bond donors (Lipinski definition) is 3. The van der Waals surface area contributed by atoms with Crippen molar-refractivity contribution in [2.75, 3.05) is 24.7 Å². The molecule has 0 bridgehead atoms. The zero-order chi connectivity index (χ0) is 18.2. The Morgan fingerprint density at radius 1 is 1.28 bits per heavy atom. The second-order valence-electron chi connectivity index (χ2n) is 5.36. The first-order valence-corrected chi connectivity index (χ1v) is 7.65. The smallest absolute Gasteiger partial charge is 0.271 e. The highest BCUT2D eigenvalue weighted by Crippen LogP contribution is 2.24. The van der Waals surface area contributed by atoms with Crippen LogP contribution in [0.1, 0.15) is 5.56 Å². The summed E-state index contributed by atoms with van der Waals surface area (Å²) in [7, 11) is 1.63. The molecule has 0 radical (unpaired) electrons. The monoisotopic (exact) mass is 344 g/mol.